The molecule has 0 aliphatic carbocycles. The van der Waals surface area contributed by atoms with Gasteiger partial charge in [0.2, 0.25) is 0 Å². The van der Waals surface area contributed by atoms with Crippen LogP contribution in [0.5, 0.6) is 5.75 Å². The minimum Gasteiger partial charge on any atom is -0.492 e. The van der Waals surface area contributed by atoms with Gasteiger partial charge in [-0.05, 0) is 37.1 Å². The van der Waals surface area contributed by atoms with Gasteiger partial charge in [0.05, 0.1) is 12.2 Å². The topological polar surface area (TPSA) is 57.7 Å². The molecule has 2 amide bonds. The van der Waals surface area contributed by atoms with Crippen LogP contribution in [0.2, 0.25) is 0 Å². The lowest BCUT2D eigenvalue weighted by atomic mass is 10.3. The lowest BCUT2D eigenvalue weighted by Crippen LogP contribution is -2.35. The van der Waals surface area contributed by atoms with E-state index in [1.807, 2.05) is 12.1 Å². The predicted molar refractivity (Wildman–Crippen MR) is 99.2 cm³/mol. The molecule has 0 radical (unpaired) electrons. The van der Waals surface area contributed by atoms with Crippen molar-refractivity contribution in [2.24, 2.45) is 0 Å². The SMILES string of the molecule is CN(CCOc1cccc(F)c1)C(=O)Nc1cccnc1N1CCCC1. The highest BCUT2D eigenvalue weighted by Gasteiger charge is 2.19. The van der Waals surface area contributed by atoms with E-state index in [-0.39, 0.29) is 18.5 Å². The fourth-order valence-corrected chi connectivity index (χ4v) is 2.84. The summed E-state index contributed by atoms with van der Waals surface area (Å²) in [5.41, 5.74) is 0.706. The third kappa shape index (κ3) is 4.62. The number of amides is 2. The molecule has 1 aliphatic heterocycles. The highest BCUT2D eigenvalue weighted by atomic mass is 19.1. The van der Waals surface area contributed by atoms with E-state index >= 15 is 0 Å². The van der Waals surface area contributed by atoms with Crippen LogP contribution in [0, 0.1) is 5.82 Å². The minimum atomic E-state index is -0.348. The molecular formula is C19H23FN4O2. The number of aromatic nitrogens is 1. The number of nitrogens with zero attached hydrogens (tertiary/aromatic N) is 3. The second-order valence-corrected chi connectivity index (χ2v) is 6.23. The Morgan fingerprint density at radius 1 is 1.31 bits per heavy atom. The van der Waals surface area contributed by atoms with Crippen molar-refractivity contribution in [2.75, 3.05) is 43.5 Å². The summed E-state index contributed by atoms with van der Waals surface area (Å²) in [4.78, 5) is 20.6. The number of nitrogens with one attached hydrogen (secondary N) is 1. The van der Waals surface area contributed by atoms with Crippen LogP contribution in [-0.4, -0.2) is 49.2 Å². The number of hydrogen-bond acceptors (Lipinski definition) is 4. The van der Waals surface area contributed by atoms with Crippen molar-refractivity contribution >= 4 is 17.5 Å². The van der Waals surface area contributed by atoms with Crippen molar-refractivity contribution in [1.29, 1.82) is 0 Å². The van der Waals surface area contributed by atoms with E-state index < -0.39 is 0 Å². The molecule has 2 heterocycles. The Morgan fingerprint density at radius 3 is 2.88 bits per heavy atom. The highest BCUT2D eigenvalue weighted by Crippen LogP contribution is 2.26. The summed E-state index contributed by atoms with van der Waals surface area (Å²) in [5.74, 6) is 0.907. The van der Waals surface area contributed by atoms with E-state index in [0.29, 0.717) is 18.0 Å². The Morgan fingerprint density at radius 2 is 2.12 bits per heavy atom. The Labute approximate surface area is 152 Å². The number of likely N-dealkylation sites (N-methyl/N-ethyl adjacent to an activating group) is 1. The molecule has 3 rings (SSSR count). The molecule has 138 valence electrons. The third-order valence-electron chi connectivity index (χ3n) is 4.27. The van der Waals surface area contributed by atoms with E-state index in [1.54, 1.807) is 25.4 Å². The highest BCUT2D eigenvalue weighted by molar-refractivity contribution is 5.92. The summed E-state index contributed by atoms with van der Waals surface area (Å²) >= 11 is 0. The van der Waals surface area contributed by atoms with Crippen LogP contribution in [0.25, 0.3) is 0 Å². The van der Waals surface area contributed by atoms with Crippen LogP contribution in [-0.2, 0) is 0 Å². The Kier molecular flexibility index (Phi) is 5.88. The van der Waals surface area contributed by atoms with Crippen LogP contribution in [0.15, 0.2) is 42.6 Å². The second kappa shape index (κ2) is 8.51. The first kappa shape index (κ1) is 18.0. The zero-order valence-corrected chi connectivity index (χ0v) is 14.8. The number of carbonyl (C=O) groups is 1. The number of halogens is 1. The van der Waals surface area contributed by atoms with Crippen molar-refractivity contribution < 1.29 is 13.9 Å². The number of benzene rings is 1. The summed E-state index contributed by atoms with van der Waals surface area (Å²) < 4.78 is 18.6. The molecule has 2 aromatic rings. The zero-order chi connectivity index (χ0) is 18.4. The number of ether oxygens (including phenoxy) is 1. The van der Waals surface area contributed by atoms with Crippen molar-refractivity contribution in [3.05, 3.63) is 48.4 Å². The molecule has 0 unspecified atom stereocenters. The first-order valence-corrected chi connectivity index (χ1v) is 8.74. The van der Waals surface area contributed by atoms with Gasteiger partial charge < -0.3 is 19.9 Å². The summed E-state index contributed by atoms with van der Waals surface area (Å²) in [7, 11) is 1.69. The van der Waals surface area contributed by atoms with Gasteiger partial charge in [-0.3, -0.25) is 0 Å². The van der Waals surface area contributed by atoms with E-state index in [2.05, 4.69) is 15.2 Å². The molecule has 6 nitrogen and oxygen atoms in total. The number of rotatable bonds is 6. The van der Waals surface area contributed by atoms with Crippen molar-refractivity contribution in [3.63, 3.8) is 0 Å². The largest absolute Gasteiger partial charge is 0.492 e. The summed E-state index contributed by atoms with van der Waals surface area (Å²) in [6.45, 7) is 2.56. The molecule has 1 fully saturated rings. The van der Waals surface area contributed by atoms with Crippen LogP contribution in [0.3, 0.4) is 0 Å². The van der Waals surface area contributed by atoms with Crippen molar-refractivity contribution in [3.8, 4) is 5.75 Å². The summed E-state index contributed by atoms with van der Waals surface area (Å²) in [5, 5.41) is 2.91. The first-order chi connectivity index (χ1) is 12.6. The van der Waals surface area contributed by atoms with Crippen molar-refractivity contribution in [2.45, 2.75) is 12.8 Å². The fraction of sp³-hybridized carbons (Fsp3) is 0.368. The third-order valence-corrected chi connectivity index (χ3v) is 4.27. The van der Waals surface area contributed by atoms with Crippen LogP contribution < -0.4 is 15.0 Å². The normalized spacial score (nSPS) is 13.5. The van der Waals surface area contributed by atoms with E-state index in [4.69, 9.17) is 4.74 Å². The molecular weight excluding hydrogens is 335 g/mol. The van der Waals surface area contributed by atoms with Gasteiger partial charge in [0.25, 0.3) is 0 Å². The molecule has 7 heteroatoms. The number of carbonyl (C=O) groups excluding carboxylic acids is 1. The Hall–Kier alpha value is -2.83. The van der Waals surface area contributed by atoms with E-state index in [0.717, 1.165) is 31.7 Å². The zero-order valence-electron chi connectivity index (χ0n) is 14.8. The molecule has 1 N–H and O–H groups in total. The Balaban J connectivity index is 1.53. The maximum Gasteiger partial charge on any atom is 0.321 e. The van der Waals surface area contributed by atoms with Gasteiger partial charge >= 0.3 is 6.03 Å². The number of urea groups is 1. The predicted octanol–water partition coefficient (Wildman–Crippen LogP) is 3.36. The van der Waals surface area contributed by atoms with E-state index in [1.165, 1.54) is 17.0 Å². The maximum atomic E-state index is 13.1. The lowest BCUT2D eigenvalue weighted by Gasteiger charge is -2.22. The molecule has 1 aromatic carbocycles. The number of anilines is 2. The molecule has 0 saturated carbocycles. The number of hydrogen-bond donors (Lipinski definition) is 1. The van der Waals surface area contributed by atoms with Crippen LogP contribution >= 0.6 is 0 Å². The molecule has 1 aliphatic rings. The second-order valence-electron chi connectivity index (χ2n) is 6.23. The quantitative estimate of drug-likeness (QED) is 0.860. The van der Waals surface area contributed by atoms with Gasteiger partial charge in [-0.1, -0.05) is 6.07 Å². The fourth-order valence-electron chi connectivity index (χ4n) is 2.84. The standard InChI is InChI=1S/C19H23FN4O2/c1-23(12-13-26-16-7-4-6-15(20)14-16)19(25)22-17-8-5-9-21-18(17)24-10-2-3-11-24/h4-9,14H,2-3,10-13H2,1H3,(H,22,25). The maximum absolute atomic E-state index is 13.1. The van der Waals surface area contributed by atoms with Gasteiger partial charge in [-0.15, -0.1) is 0 Å². The van der Waals surface area contributed by atoms with Crippen LogP contribution in [0.4, 0.5) is 20.7 Å². The monoisotopic (exact) mass is 358 g/mol. The lowest BCUT2D eigenvalue weighted by molar-refractivity contribution is 0.207. The molecule has 0 spiro atoms. The molecule has 1 aromatic heterocycles. The van der Waals surface area contributed by atoms with Gasteiger partial charge in [0.15, 0.2) is 5.82 Å². The molecule has 26 heavy (non-hydrogen) atoms. The average Bonchev–Trinajstić information content (AvgIpc) is 3.16. The van der Waals surface area contributed by atoms with Gasteiger partial charge in [-0.25, -0.2) is 14.2 Å². The van der Waals surface area contributed by atoms with E-state index in [9.17, 15) is 9.18 Å². The van der Waals surface area contributed by atoms with Gasteiger partial charge in [0, 0.05) is 32.4 Å². The molecule has 1 saturated heterocycles. The summed E-state index contributed by atoms with van der Waals surface area (Å²) in [6, 6.07) is 9.37. The first-order valence-electron chi connectivity index (χ1n) is 8.74. The Bertz CT molecular complexity index is 750. The molecule has 0 bridgehead atoms. The average molecular weight is 358 g/mol. The van der Waals surface area contributed by atoms with Gasteiger partial charge in [-0.2, -0.15) is 0 Å². The van der Waals surface area contributed by atoms with Crippen LogP contribution in [0.1, 0.15) is 12.8 Å². The summed E-state index contributed by atoms with van der Waals surface area (Å²) in [6.07, 6.45) is 4.02. The van der Waals surface area contributed by atoms with Crippen molar-refractivity contribution in [1.82, 2.24) is 9.88 Å². The molecule has 0 atom stereocenters. The minimum absolute atomic E-state index is 0.235. The smallest absolute Gasteiger partial charge is 0.321 e. The number of pyridine rings is 1. The van der Waals surface area contributed by atoms with Gasteiger partial charge in [0.1, 0.15) is 18.2 Å².